The van der Waals surface area contributed by atoms with Gasteiger partial charge in [-0.15, -0.1) is 0 Å². The van der Waals surface area contributed by atoms with Crippen LogP contribution < -0.4 is 5.73 Å². The van der Waals surface area contributed by atoms with Crippen LogP contribution in [0.25, 0.3) is 0 Å². The van der Waals surface area contributed by atoms with E-state index in [2.05, 4.69) is 23.6 Å². The average molecular weight is 293 g/mol. The molecule has 0 aromatic rings. The molecule has 0 bridgehead atoms. The van der Waals surface area contributed by atoms with Gasteiger partial charge in [0.2, 0.25) is 0 Å². The molecular formula is C18H35N3. The summed E-state index contributed by atoms with van der Waals surface area (Å²) in [4.78, 5) is 5.55. The van der Waals surface area contributed by atoms with Crippen molar-refractivity contribution in [3.63, 3.8) is 0 Å². The fourth-order valence-electron chi connectivity index (χ4n) is 5.37. The van der Waals surface area contributed by atoms with Crippen molar-refractivity contribution >= 4 is 0 Å². The highest BCUT2D eigenvalue weighted by molar-refractivity contribution is 5.01. The lowest BCUT2D eigenvalue weighted by Gasteiger charge is -2.54. The van der Waals surface area contributed by atoms with Crippen molar-refractivity contribution in [1.29, 1.82) is 0 Å². The normalized spacial score (nSPS) is 40.7. The third-order valence-electron chi connectivity index (χ3n) is 6.85. The summed E-state index contributed by atoms with van der Waals surface area (Å²) in [5, 5.41) is 0. The molecule has 3 fully saturated rings. The molecule has 122 valence electrons. The van der Waals surface area contributed by atoms with Crippen molar-refractivity contribution in [2.24, 2.45) is 17.6 Å². The second-order valence-electron chi connectivity index (χ2n) is 8.06. The minimum atomic E-state index is 0.291. The SMILES string of the molecule is CC1CCC(C)C(CN)(N2CCN(C3CCCC3)CC2)C1. The molecule has 2 aliphatic carbocycles. The summed E-state index contributed by atoms with van der Waals surface area (Å²) in [5.74, 6) is 1.61. The molecule has 21 heavy (non-hydrogen) atoms. The lowest BCUT2D eigenvalue weighted by Crippen LogP contribution is -2.65. The first-order chi connectivity index (χ1) is 10.2. The summed E-state index contributed by atoms with van der Waals surface area (Å²) in [6.07, 6.45) is 9.85. The molecule has 0 amide bonds. The molecule has 0 radical (unpaired) electrons. The van der Waals surface area contributed by atoms with Crippen molar-refractivity contribution in [2.45, 2.75) is 70.4 Å². The zero-order chi connectivity index (χ0) is 14.9. The van der Waals surface area contributed by atoms with Gasteiger partial charge in [0.05, 0.1) is 0 Å². The van der Waals surface area contributed by atoms with Gasteiger partial charge >= 0.3 is 0 Å². The van der Waals surface area contributed by atoms with Gasteiger partial charge in [-0.1, -0.05) is 33.1 Å². The maximum atomic E-state index is 6.32. The van der Waals surface area contributed by atoms with Gasteiger partial charge in [-0.25, -0.2) is 0 Å². The Labute approximate surface area is 131 Å². The van der Waals surface area contributed by atoms with Crippen LogP contribution >= 0.6 is 0 Å². The quantitative estimate of drug-likeness (QED) is 0.868. The molecule has 1 heterocycles. The van der Waals surface area contributed by atoms with E-state index in [9.17, 15) is 0 Å². The highest BCUT2D eigenvalue weighted by atomic mass is 15.3. The van der Waals surface area contributed by atoms with Crippen LogP contribution in [-0.4, -0.2) is 54.1 Å². The summed E-state index contributed by atoms with van der Waals surface area (Å²) in [5.41, 5.74) is 6.61. The van der Waals surface area contributed by atoms with Crippen molar-refractivity contribution < 1.29 is 0 Å². The summed E-state index contributed by atoms with van der Waals surface area (Å²) < 4.78 is 0. The molecule has 1 saturated heterocycles. The van der Waals surface area contributed by atoms with Gasteiger partial charge in [-0.05, 0) is 37.5 Å². The molecule has 2 N–H and O–H groups in total. The van der Waals surface area contributed by atoms with E-state index in [-0.39, 0.29) is 0 Å². The number of nitrogens with two attached hydrogens (primary N) is 1. The molecule has 3 atom stereocenters. The molecule has 3 aliphatic rings. The number of nitrogens with zero attached hydrogens (tertiary/aromatic N) is 2. The molecule has 1 aliphatic heterocycles. The summed E-state index contributed by atoms with van der Waals surface area (Å²) in [6, 6.07) is 0.892. The topological polar surface area (TPSA) is 32.5 Å². The molecule has 3 nitrogen and oxygen atoms in total. The minimum absolute atomic E-state index is 0.291. The van der Waals surface area contributed by atoms with Gasteiger partial charge in [0.25, 0.3) is 0 Å². The maximum Gasteiger partial charge on any atom is 0.0360 e. The largest absolute Gasteiger partial charge is 0.329 e. The molecule has 3 heteroatoms. The first kappa shape index (κ1) is 15.8. The fourth-order valence-corrected chi connectivity index (χ4v) is 5.37. The fraction of sp³-hybridized carbons (Fsp3) is 1.00. The third-order valence-corrected chi connectivity index (χ3v) is 6.85. The monoisotopic (exact) mass is 293 g/mol. The number of piperazine rings is 1. The maximum absolute atomic E-state index is 6.32. The predicted octanol–water partition coefficient (Wildman–Crippen LogP) is 2.70. The van der Waals surface area contributed by atoms with E-state index < -0.39 is 0 Å². The third kappa shape index (κ3) is 3.02. The van der Waals surface area contributed by atoms with Crippen molar-refractivity contribution in [3.8, 4) is 0 Å². The number of hydrogen-bond acceptors (Lipinski definition) is 3. The van der Waals surface area contributed by atoms with Crippen LogP contribution in [0.4, 0.5) is 0 Å². The molecule has 0 aromatic carbocycles. The van der Waals surface area contributed by atoms with Crippen LogP contribution in [0, 0.1) is 11.8 Å². The minimum Gasteiger partial charge on any atom is -0.329 e. The number of hydrogen-bond donors (Lipinski definition) is 1. The van der Waals surface area contributed by atoms with Gasteiger partial charge in [-0.3, -0.25) is 9.80 Å². The Bertz CT molecular complexity index is 331. The summed E-state index contributed by atoms with van der Waals surface area (Å²) in [6.45, 7) is 10.7. The van der Waals surface area contributed by atoms with E-state index >= 15 is 0 Å². The highest BCUT2D eigenvalue weighted by Gasteiger charge is 2.45. The Balaban J connectivity index is 1.63. The summed E-state index contributed by atoms with van der Waals surface area (Å²) in [7, 11) is 0. The number of rotatable bonds is 3. The van der Waals surface area contributed by atoms with Crippen molar-refractivity contribution in [1.82, 2.24) is 9.80 Å². The smallest absolute Gasteiger partial charge is 0.0360 e. The van der Waals surface area contributed by atoms with Gasteiger partial charge < -0.3 is 5.73 Å². The second-order valence-corrected chi connectivity index (χ2v) is 8.06. The van der Waals surface area contributed by atoms with Crippen molar-refractivity contribution in [3.05, 3.63) is 0 Å². The molecule has 0 spiro atoms. The Morgan fingerprint density at radius 3 is 2.24 bits per heavy atom. The van der Waals surface area contributed by atoms with Gasteiger partial charge in [0.15, 0.2) is 0 Å². The van der Waals surface area contributed by atoms with Crippen LogP contribution in [0.2, 0.25) is 0 Å². The summed E-state index contributed by atoms with van der Waals surface area (Å²) >= 11 is 0. The average Bonchev–Trinajstić information content (AvgIpc) is 3.04. The Morgan fingerprint density at radius 2 is 1.62 bits per heavy atom. The molecular weight excluding hydrogens is 258 g/mol. The first-order valence-corrected chi connectivity index (χ1v) is 9.35. The van der Waals surface area contributed by atoms with E-state index in [4.69, 9.17) is 5.73 Å². The van der Waals surface area contributed by atoms with E-state index in [0.29, 0.717) is 5.54 Å². The van der Waals surface area contributed by atoms with Crippen LogP contribution in [0.1, 0.15) is 58.8 Å². The molecule has 2 saturated carbocycles. The van der Waals surface area contributed by atoms with Gasteiger partial charge in [-0.2, -0.15) is 0 Å². The molecule has 0 aromatic heterocycles. The van der Waals surface area contributed by atoms with Crippen LogP contribution in [0.15, 0.2) is 0 Å². The van der Waals surface area contributed by atoms with Gasteiger partial charge in [0.1, 0.15) is 0 Å². The van der Waals surface area contributed by atoms with Crippen LogP contribution in [0.5, 0.6) is 0 Å². The lowest BCUT2D eigenvalue weighted by atomic mass is 9.68. The molecule has 3 rings (SSSR count). The zero-order valence-corrected chi connectivity index (χ0v) is 14.2. The highest BCUT2D eigenvalue weighted by Crippen LogP contribution is 2.41. The predicted molar refractivity (Wildman–Crippen MR) is 89.4 cm³/mol. The standard InChI is InChI=1S/C18H35N3/c1-15-7-8-16(2)18(13-15,14-19)21-11-9-20(10-12-21)17-5-3-4-6-17/h15-17H,3-14,19H2,1-2H3. The Morgan fingerprint density at radius 1 is 0.952 bits per heavy atom. The van der Waals surface area contributed by atoms with Crippen LogP contribution in [-0.2, 0) is 0 Å². The van der Waals surface area contributed by atoms with E-state index in [1.807, 2.05) is 0 Å². The van der Waals surface area contributed by atoms with Gasteiger partial charge in [0, 0.05) is 44.3 Å². The zero-order valence-electron chi connectivity index (χ0n) is 14.2. The molecule has 3 unspecified atom stereocenters. The van der Waals surface area contributed by atoms with Crippen LogP contribution in [0.3, 0.4) is 0 Å². The lowest BCUT2D eigenvalue weighted by molar-refractivity contribution is -0.0382. The first-order valence-electron chi connectivity index (χ1n) is 9.35. The second kappa shape index (κ2) is 6.55. The Hall–Kier alpha value is -0.120. The Kier molecular flexibility index (Phi) is 4.92. The van der Waals surface area contributed by atoms with E-state index in [1.54, 1.807) is 0 Å². The van der Waals surface area contributed by atoms with E-state index in [1.165, 1.54) is 71.1 Å². The van der Waals surface area contributed by atoms with Crippen molar-refractivity contribution in [2.75, 3.05) is 32.7 Å². The van der Waals surface area contributed by atoms with E-state index in [0.717, 1.165) is 24.4 Å².